The molecule has 1 amide bonds. The Morgan fingerprint density at radius 2 is 1.88 bits per heavy atom. The quantitative estimate of drug-likeness (QED) is 0.850. The number of hydrogen-bond donors (Lipinski definition) is 1. The van der Waals surface area contributed by atoms with Gasteiger partial charge in [-0.05, 0) is 37.9 Å². The highest BCUT2D eigenvalue weighted by atomic mass is 16.1. The summed E-state index contributed by atoms with van der Waals surface area (Å²) in [6.45, 7) is 2.24. The molecule has 1 aromatic rings. The van der Waals surface area contributed by atoms with Gasteiger partial charge in [-0.2, -0.15) is 0 Å². The summed E-state index contributed by atoms with van der Waals surface area (Å²) in [5.41, 5.74) is 6.33. The number of primary amides is 1. The molecule has 1 aliphatic carbocycles. The Balaban J connectivity index is 1.90. The third-order valence-electron chi connectivity index (χ3n) is 4.23. The summed E-state index contributed by atoms with van der Waals surface area (Å²) >= 11 is 0. The van der Waals surface area contributed by atoms with Crippen molar-refractivity contribution in [2.75, 3.05) is 13.1 Å². The number of carbonyl (C=O) groups excluding carboxylic acids is 1. The van der Waals surface area contributed by atoms with Gasteiger partial charge in [0, 0.05) is 6.04 Å². The predicted octanol–water partition coefficient (Wildman–Crippen LogP) is 1.28. The molecule has 0 aromatic heterocycles. The summed E-state index contributed by atoms with van der Waals surface area (Å²) in [7, 11) is 0. The maximum Gasteiger partial charge on any atom is 0.229 e. The van der Waals surface area contributed by atoms with Crippen LogP contribution in [0.1, 0.15) is 24.8 Å². The first kappa shape index (κ1) is 10.8. The lowest BCUT2D eigenvalue weighted by Crippen LogP contribution is -2.37. The van der Waals surface area contributed by atoms with Crippen molar-refractivity contribution < 1.29 is 4.79 Å². The van der Waals surface area contributed by atoms with E-state index in [9.17, 15) is 4.79 Å². The van der Waals surface area contributed by atoms with Crippen LogP contribution in [0.3, 0.4) is 0 Å². The van der Waals surface area contributed by atoms with Gasteiger partial charge >= 0.3 is 0 Å². The molecule has 17 heavy (non-hydrogen) atoms. The molecule has 2 unspecified atom stereocenters. The summed E-state index contributed by atoms with van der Waals surface area (Å²) < 4.78 is 0. The average molecular weight is 230 g/mol. The zero-order valence-electron chi connectivity index (χ0n) is 9.93. The molecule has 3 nitrogen and oxygen atoms in total. The van der Waals surface area contributed by atoms with Crippen molar-refractivity contribution in [3.63, 3.8) is 0 Å². The van der Waals surface area contributed by atoms with E-state index in [0.29, 0.717) is 6.04 Å². The van der Waals surface area contributed by atoms with Crippen LogP contribution in [0.15, 0.2) is 30.3 Å². The summed E-state index contributed by atoms with van der Waals surface area (Å²) in [6.07, 6.45) is 3.40. The first-order valence-electron chi connectivity index (χ1n) is 6.34. The van der Waals surface area contributed by atoms with Gasteiger partial charge < -0.3 is 5.73 Å². The standard InChI is InChI=1S/C14H18N2O/c15-13(17)14(11-6-2-1-3-7-11)10-12(14)16-8-4-5-9-16/h1-3,6-7,12H,4-5,8-10H2,(H2,15,17). The van der Waals surface area contributed by atoms with Crippen LogP contribution in [0.2, 0.25) is 0 Å². The maximum atomic E-state index is 11.8. The molecule has 1 saturated carbocycles. The Bertz CT molecular complexity index is 425. The summed E-state index contributed by atoms with van der Waals surface area (Å²) in [5.74, 6) is -0.166. The lowest BCUT2D eigenvalue weighted by molar-refractivity contribution is -0.120. The number of likely N-dealkylation sites (tertiary alicyclic amines) is 1. The van der Waals surface area contributed by atoms with Crippen LogP contribution >= 0.6 is 0 Å². The molecule has 3 heteroatoms. The van der Waals surface area contributed by atoms with Gasteiger partial charge in [0.05, 0.1) is 5.41 Å². The van der Waals surface area contributed by atoms with Gasteiger partial charge in [0.25, 0.3) is 0 Å². The van der Waals surface area contributed by atoms with Crippen LogP contribution in [0.4, 0.5) is 0 Å². The molecular weight excluding hydrogens is 212 g/mol. The lowest BCUT2D eigenvalue weighted by atomic mass is 9.94. The highest BCUT2D eigenvalue weighted by molar-refractivity contribution is 5.91. The minimum atomic E-state index is -0.411. The Hall–Kier alpha value is -1.35. The van der Waals surface area contributed by atoms with E-state index in [4.69, 9.17) is 5.73 Å². The molecule has 0 bridgehead atoms. The van der Waals surface area contributed by atoms with Gasteiger partial charge in [-0.15, -0.1) is 0 Å². The molecule has 0 spiro atoms. The Morgan fingerprint density at radius 3 is 2.47 bits per heavy atom. The highest BCUT2D eigenvalue weighted by Gasteiger charge is 2.62. The van der Waals surface area contributed by atoms with Crippen LogP contribution in [0.25, 0.3) is 0 Å². The molecule has 3 rings (SSSR count). The summed E-state index contributed by atoms with van der Waals surface area (Å²) in [5, 5.41) is 0. The normalized spacial score (nSPS) is 32.6. The van der Waals surface area contributed by atoms with Gasteiger partial charge in [-0.25, -0.2) is 0 Å². The molecule has 1 heterocycles. The number of nitrogens with two attached hydrogens (primary N) is 1. The first-order chi connectivity index (χ1) is 8.25. The van der Waals surface area contributed by atoms with E-state index in [1.165, 1.54) is 12.8 Å². The monoisotopic (exact) mass is 230 g/mol. The molecule has 2 atom stereocenters. The third kappa shape index (κ3) is 1.57. The first-order valence-corrected chi connectivity index (χ1v) is 6.34. The molecule has 2 N–H and O–H groups in total. The number of nitrogens with zero attached hydrogens (tertiary/aromatic N) is 1. The largest absolute Gasteiger partial charge is 0.369 e. The van der Waals surface area contributed by atoms with Gasteiger partial charge in [-0.3, -0.25) is 9.69 Å². The van der Waals surface area contributed by atoms with E-state index in [0.717, 1.165) is 25.1 Å². The Kier molecular flexibility index (Phi) is 2.44. The fraction of sp³-hybridized carbons (Fsp3) is 0.500. The molecule has 2 aliphatic rings. The Morgan fingerprint density at radius 1 is 1.24 bits per heavy atom. The minimum absolute atomic E-state index is 0.166. The fourth-order valence-electron chi connectivity index (χ4n) is 3.19. The number of benzene rings is 1. The van der Waals surface area contributed by atoms with Crippen LogP contribution < -0.4 is 5.73 Å². The smallest absolute Gasteiger partial charge is 0.229 e. The van der Waals surface area contributed by atoms with Crippen LogP contribution in [-0.2, 0) is 10.2 Å². The van der Waals surface area contributed by atoms with Gasteiger partial charge in [0.1, 0.15) is 0 Å². The molecule has 1 aromatic carbocycles. The average Bonchev–Trinajstić information content (AvgIpc) is 2.89. The van der Waals surface area contributed by atoms with E-state index in [1.54, 1.807) is 0 Å². The molecule has 0 radical (unpaired) electrons. The summed E-state index contributed by atoms with van der Waals surface area (Å²) in [4.78, 5) is 14.3. The van der Waals surface area contributed by atoms with Crippen LogP contribution in [-0.4, -0.2) is 29.9 Å². The van der Waals surface area contributed by atoms with Crippen LogP contribution in [0, 0.1) is 0 Å². The number of hydrogen-bond acceptors (Lipinski definition) is 2. The SMILES string of the molecule is NC(=O)C1(c2ccccc2)CC1N1CCCC1. The zero-order valence-corrected chi connectivity index (χ0v) is 9.93. The van der Waals surface area contributed by atoms with Gasteiger partial charge in [-0.1, -0.05) is 30.3 Å². The maximum absolute atomic E-state index is 11.8. The molecular formula is C14H18N2O. The number of carbonyl (C=O) groups is 1. The highest BCUT2D eigenvalue weighted by Crippen LogP contribution is 2.52. The van der Waals surface area contributed by atoms with Crippen molar-refractivity contribution in [1.29, 1.82) is 0 Å². The number of amides is 1. The minimum Gasteiger partial charge on any atom is -0.369 e. The van der Waals surface area contributed by atoms with E-state index >= 15 is 0 Å². The van der Waals surface area contributed by atoms with E-state index in [-0.39, 0.29) is 5.91 Å². The number of rotatable bonds is 3. The third-order valence-corrected chi connectivity index (χ3v) is 4.23. The van der Waals surface area contributed by atoms with Crippen molar-refractivity contribution in [2.45, 2.75) is 30.7 Å². The lowest BCUT2D eigenvalue weighted by Gasteiger charge is -2.20. The van der Waals surface area contributed by atoms with E-state index < -0.39 is 5.41 Å². The zero-order chi connectivity index (χ0) is 11.9. The fourth-order valence-corrected chi connectivity index (χ4v) is 3.19. The van der Waals surface area contributed by atoms with E-state index in [1.807, 2.05) is 30.3 Å². The molecule has 1 aliphatic heterocycles. The summed E-state index contributed by atoms with van der Waals surface area (Å²) in [6, 6.07) is 10.3. The molecule has 1 saturated heterocycles. The predicted molar refractivity (Wildman–Crippen MR) is 66.5 cm³/mol. The van der Waals surface area contributed by atoms with Crippen molar-refractivity contribution in [3.05, 3.63) is 35.9 Å². The van der Waals surface area contributed by atoms with Crippen molar-refractivity contribution in [2.24, 2.45) is 5.73 Å². The topological polar surface area (TPSA) is 46.3 Å². The van der Waals surface area contributed by atoms with E-state index in [2.05, 4.69) is 4.90 Å². The molecule has 90 valence electrons. The van der Waals surface area contributed by atoms with Crippen molar-refractivity contribution >= 4 is 5.91 Å². The van der Waals surface area contributed by atoms with Gasteiger partial charge in [0.2, 0.25) is 5.91 Å². The second-order valence-electron chi connectivity index (χ2n) is 5.16. The van der Waals surface area contributed by atoms with Crippen LogP contribution in [0.5, 0.6) is 0 Å². The second kappa shape index (κ2) is 3.84. The molecule has 2 fully saturated rings. The van der Waals surface area contributed by atoms with Crippen molar-refractivity contribution in [3.8, 4) is 0 Å². The van der Waals surface area contributed by atoms with Crippen molar-refractivity contribution in [1.82, 2.24) is 4.90 Å². The second-order valence-corrected chi connectivity index (χ2v) is 5.16. The van der Waals surface area contributed by atoms with Gasteiger partial charge in [0.15, 0.2) is 0 Å². The Labute approximate surface area is 102 Å².